The van der Waals surface area contributed by atoms with Gasteiger partial charge in [-0.1, -0.05) is 11.8 Å². The van der Waals surface area contributed by atoms with Crippen LogP contribution in [-0.4, -0.2) is 50.1 Å². The third kappa shape index (κ3) is 5.97. The number of amides is 3. The first-order valence-corrected chi connectivity index (χ1v) is 6.69. The fourth-order valence-corrected chi connectivity index (χ4v) is 1.97. The normalized spacial score (nSPS) is 12.8. The molecular formula is C9H13F3N6O2S. The number of carbonyl (C=O) groups excluding carboxylic acids is 2. The highest BCUT2D eigenvalue weighted by atomic mass is 32.2. The number of hydrogen-bond acceptors (Lipinski definition) is 6. The minimum Gasteiger partial charge on any atom is -0.338 e. The fourth-order valence-electron chi connectivity index (χ4n) is 1.18. The van der Waals surface area contributed by atoms with Gasteiger partial charge < -0.3 is 5.32 Å². The topological polar surface area (TPSA) is 102 Å². The molecule has 0 bridgehead atoms. The molecule has 1 rings (SSSR count). The van der Waals surface area contributed by atoms with E-state index in [9.17, 15) is 22.8 Å². The number of urea groups is 1. The Hall–Kier alpha value is -1.85. The predicted octanol–water partition coefficient (Wildman–Crippen LogP) is 0.562. The Morgan fingerprint density at radius 2 is 2.10 bits per heavy atom. The molecule has 1 unspecified atom stereocenters. The van der Waals surface area contributed by atoms with Gasteiger partial charge in [0.2, 0.25) is 11.1 Å². The maximum absolute atomic E-state index is 12.3. The first kappa shape index (κ1) is 17.2. The van der Waals surface area contributed by atoms with Crippen LogP contribution in [0.1, 0.15) is 13.8 Å². The van der Waals surface area contributed by atoms with E-state index in [0.717, 1.165) is 11.8 Å². The minimum absolute atomic E-state index is 0.161. The van der Waals surface area contributed by atoms with Gasteiger partial charge in [-0.05, 0) is 24.3 Å². The van der Waals surface area contributed by atoms with Crippen LogP contribution in [0.3, 0.4) is 0 Å². The standard InChI is InChI=1S/C9H13F3N6O2S/c1-3-13-7(20)14-6(19)5(2)21-8-15-16-17-18(8)4-9(10,11)12/h5H,3-4H2,1-2H3,(H2,13,14,19,20). The van der Waals surface area contributed by atoms with Crippen molar-refractivity contribution >= 4 is 23.7 Å². The van der Waals surface area contributed by atoms with Crippen molar-refractivity contribution in [2.75, 3.05) is 6.54 Å². The Balaban J connectivity index is 2.63. The molecule has 0 spiro atoms. The molecule has 0 aromatic carbocycles. The van der Waals surface area contributed by atoms with Gasteiger partial charge in [0.15, 0.2) is 0 Å². The SMILES string of the molecule is CCNC(=O)NC(=O)C(C)Sc1nnnn1CC(F)(F)F. The summed E-state index contributed by atoms with van der Waals surface area (Å²) in [4.78, 5) is 22.8. The Labute approximate surface area is 121 Å². The van der Waals surface area contributed by atoms with Crippen molar-refractivity contribution in [1.29, 1.82) is 0 Å². The number of tetrazole rings is 1. The lowest BCUT2D eigenvalue weighted by Gasteiger charge is -2.11. The van der Waals surface area contributed by atoms with Gasteiger partial charge in [-0.3, -0.25) is 10.1 Å². The lowest BCUT2D eigenvalue weighted by molar-refractivity contribution is -0.144. The van der Waals surface area contributed by atoms with E-state index in [4.69, 9.17) is 0 Å². The maximum Gasteiger partial charge on any atom is 0.408 e. The van der Waals surface area contributed by atoms with Crippen molar-refractivity contribution in [3.63, 3.8) is 0 Å². The molecule has 2 N–H and O–H groups in total. The lowest BCUT2D eigenvalue weighted by atomic mass is 10.4. The van der Waals surface area contributed by atoms with Crippen LogP contribution in [0, 0.1) is 0 Å². The second-order valence-corrected chi connectivity index (χ2v) is 5.15. The van der Waals surface area contributed by atoms with Gasteiger partial charge in [0.1, 0.15) is 6.54 Å². The zero-order valence-corrected chi connectivity index (χ0v) is 12.0. The number of nitrogens with zero attached hydrogens (tertiary/aromatic N) is 4. The van der Waals surface area contributed by atoms with E-state index < -0.39 is 29.9 Å². The number of hydrogen-bond donors (Lipinski definition) is 2. The van der Waals surface area contributed by atoms with Crippen LogP contribution >= 0.6 is 11.8 Å². The summed E-state index contributed by atoms with van der Waals surface area (Å²) in [5.41, 5.74) is 0. The maximum atomic E-state index is 12.3. The highest BCUT2D eigenvalue weighted by Gasteiger charge is 2.31. The van der Waals surface area contributed by atoms with Gasteiger partial charge in [-0.2, -0.15) is 13.2 Å². The summed E-state index contributed by atoms with van der Waals surface area (Å²) < 4.78 is 37.4. The van der Waals surface area contributed by atoms with E-state index >= 15 is 0 Å². The number of halogens is 3. The average molecular weight is 326 g/mol. The number of aromatic nitrogens is 4. The zero-order valence-electron chi connectivity index (χ0n) is 11.1. The molecular weight excluding hydrogens is 313 g/mol. The zero-order chi connectivity index (χ0) is 16.0. The molecule has 1 aromatic rings. The van der Waals surface area contributed by atoms with E-state index in [1.54, 1.807) is 6.92 Å². The predicted molar refractivity (Wildman–Crippen MR) is 66.4 cm³/mol. The first-order chi connectivity index (χ1) is 9.73. The van der Waals surface area contributed by atoms with E-state index in [2.05, 4.69) is 26.2 Å². The van der Waals surface area contributed by atoms with Crippen LogP contribution in [0.25, 0.3) is 0 Å². The molecule has 3 amide bonds. The van der Waals surface area contributed by atoms with Gasteiger partial charge in [0.25, 0.3) is 0 Å². The molecule has 1 heterocycles. The largest absolute Gasteiger partial charge is 0.408 e. The number of thioether (sulfide) groups is 1. The van der Waals surface area contributed by atoms with Crippen LogP contribution < -0.4 is 10.6 Å². The number of alkyl halides is 3. The summed E-state index contributed by atoms with van der Waals surface area (Å²) in [5, 5.41) is 13.2. The van der Waals surface area contributed by atoms with E-state index in [0.29, 0.717) is 11.2 Å². The molecule has 0 fully saturated rings. The number of nitrogens with one attached hydrogen (secondary N) is 2. The van der Waals surface area contributed by atoms with E-state index in [-0.39, 0.29) is 5.16 Å². The third-order valence-corrected chi connectivity index (χ3v) is 3.12. The van der Waals surface area contributed by atoms with Crippen LogP contribution in [0.2, 0.25) is 0 Å². The molecule has 0 aliphatic rings. The van der Waals surface area contributed by atoms with Crippen LogP contribution in [0.15, 0.2) is 5.16 Å². The summed E-state index contributed by atoms with van der Waals surface area (Å²) in [6.07, 6.45) is -4.48. The summed E-state index contributed by atoms with van der Waals surface area (Å²) in [7, 11) is 0. The van der Waals surface area contributed by atoms with Crippen LogP contribution in [0.5, 0.6) is 0 Å². The number of carbonyl (C=O) groups is 2. The van der Waals surface area contributed by atoms with Gasteiger partial charge >= 0.3 is 12.2 Å². The van der Waals surface area contributed by atoms with Crippen molar-refractivity contribution in [1.82, 2.24) is 30.8 Å². The molecule has 0 saturated carbocycles. The Kier molecular flexibility index (Phi) is 5.93. The van der Waals surface area contributed by atoms with Gasteiger partial charge in [-0.15, -0.1) is 5.10 Å². The monoisotopic (exact) mass is 326 g/mol. The van der Waals surface area contributed by atoms with Crippen LogP contribution in [0.4, 0.5) is 18.0 Å². The van der Waals surface area contributed by atoms with Gasteiger partial charge in [-0.25, -0.2) is 9.48 Å². The highest BCUT2D eigenvalue weighted by molar-refractivity contribution is 8.00. The second-order valence-electron chi connectivity index (χ2n) is 3.84. The molecule has 0 aliphatic carbocycles. The molecule has 0 radical (unpaired) electrons. The van der Waals surface area contributed by atoms with Crippen molar-refractivity contribution in [2.45, 2.75) is 37.0 Å². The van der Waals surface area contributed by atoms with Gasteiger partial charge in [0, 0.05) is 6.54 Å². The van der Waals surface area contributed by atoms with Crippen molar-refractivity contribution in [3.05, 3.63) is 0 Å². The van der Waals surface area contributed by atoms with Crippen molar-refractivity contribution in [2.24, 2.45) is 0 Å². The fraction of sp³-hybridized carbons (Fsp3) is 0.667. The van der Waals surface area contributed by atoms with E-state index in [1.807, 2.05) is 0 Å². The molecule has 8 nitrogen and oxygen atoms in total. The Morgan fingerprint density at radius 1 is 1.43 bits per heavy atom. The Bertz CT molecular complexity index is 506. The molecule has 12 heteroatoms. The van der Waals surface area contributed by atoms with Crippen molar-refractivity contribution in [3.8, 4) is 0 Å². The van der Waals surface area contributed by atoms with Crippen molar-refractivity contribution < 1.29 is 22.8 Å². The molecule has 21 heavy (non-hydrogen) atoms. The summed E-state index contributed by atoms with van der Waals surface area (Å²) in [6, 6.07) is -0.676. The number of rotatable bonds is 5. The molecule has 118 valence electrons. The average Bonchev–Trinajstić information content (AvgIpc) is 2.74. The summed E-state index contributed by atoms with van der Waals surface area (Å²) >= 11 is 0.721. The summed E-state index contributed by atoms with van der Waals surface area (Å²) in [5.74, 6) is -0.660. The summed E-state index contributed by atoms with van der Waals surface area (Å²) in [6.45, 7) is 2.08. The minimum atomic E-state index is -4.48. The van der Waals surface area contributed by atoms with Crippen LogP contribution in [-0.2, 0) is 11.3 Å². The number of imide groups is 1. The smallest absolute Gasteiger partial charge is 0.338 e. The molecule has 1 aromatic heterocycles. The van der Waals surface area contributed by atoms with E-state index in [1.165, 1.54) is 6.92 Å². The molecule has 0 aliphatic heterocycles. The quantitative estimate of drug-likeness (QED) is 0.767. The van der Waals surface area contributed by atoms with Gasteiger partial charge in [0.05, 0.1) is 5.25 Å². The first-order valence-electron chi connectivity index (χ1n) is 5.81. The lowest BCUT2D eigenvalue weighted by Crippen LogP contribution is -2.42. The third-order valence-electron chi connectivity index (χ3n) is 2.05. The molecule has 1 atom stereocenters. The highest BCUT2D eigenvalue weighted by Crippen LogP contribution is 2.23. The second kappa shape index (κ2) is 7.24. The Morgan fingerprint density at radius 3 is 2.67 bits per heavy atom. The molecule has 0 saturated heterocycles.